The first-order valence-electron chi connectivity index (χ1n) is 31.3. The summed E-state index contributed by atoms with van der Waals surface area (Å²) in [6, 6.07) is 0. The van der Waals surface area contributed by atoms with Gasteiger partial charge < -0.3 is 14.2 Å². The van der Waals surface area contributed by atoms with Crippen LogP contribution in [-0.2, 0) is 28.6 Å². The van der Waals surface area contributed by atoms with Gasteiger partial charge in [-0.2, -0.15) is 0 Å². The van der Waals surface area contributed by atoms with Crippen LogP contribution < -0.4 is 0 Å². The number of hydrogen-bond acceptors (Lipinski definition) is 6. The van der Waals surface area contributed by atoms with E-state index in [1.807, 2.05) is 0 Å². The molecule has 0 aliphatic rings. The van der Waals surface area contributed by atoms with Gasteiger partial charge in [0.15, 0.2) is 6.10 Å². The van der Waals surface area contributed by atoms with Crippen LogP contribution in [0.25, 0.3) is 0 Å². The van der Waals surface area contributed by atoms with Crippen LogP contribution in [0.1, 0.15) is 323 Å². The lowest BCUT2D eigenvalue weighted by molar-refractivity contribution is -0.167. The number of unbranched alkanes of at least 4 members (excludes halogenated alkanes) is 36. The minimum absolute atomic E-state index is 0.0812. The largest absolute Gasteiger partial charge is 0.462 e. The first-order valence-corrected chi connectivity index (χ1v) is 31.3. The summed E-state index contributed by atoms with van der Waals surface area (Å²) in [5.74, 6) is -0.887. The van der Waals surface area contributed by atoms with E-state index in [1.54, 1.807) is 0 Å². The van der Waals surface area contributed by atoms with E-state index >= 15 is 0 Å². The molecule has 0 amide bonds. The van der Waals surface area contributed by atoms with Gasteiger partial charge in [0, 0.05) is 19.3 Å². The molecule has 0 bridgehead atoms. The molecule has 0 N–H and O–H groups in total. The van der Waals surface area contributed by atoms with Gasteiger partial charge in [-0.25, -0.2) is 0 Å². The number of ether oxygens (including phenoxy) is 3. The van der Waals surface area contributed by atoms with Crippen molar-refractivity contribution in [2.24, 2.45) is 0 Å². The summed E-state index contributed by atoms with van der Waals surface area (Å²) in [6.07, 6.45) is 76.4. The second kappa shape index (κ2) is 60.7. The maximum atomic E-state index is 12.9. The topological polar surface area (TPSA) is 78.9 Å². The van der Waals surface area contributed by atoms with Gasteiger partial charge in [-0.15, -0.1) is 0 Å². The number of esters is 3. The van der Waals surface area contributed by atoms with Crippen LogP contribution in [-0.4, -0.2) is 37.2 Å². The van der Waals surface area contributed by atoms with Gasteiger partial charge in [-0.1, -0.05) is 255 Å². The Balaban J connectivity index is 4.34. The highest BCUT2D eigenvalue weighted by Crippen LogP contribution is 2.16. The average molecular weight is 1010 g/mol. The molecule has 0 aromatic carbocycles. The number of allylic oxidation sites excluding steroid dienone is 10. The monoisotopic (exact) mass is 1010 g/mol. The Hall–Kier alpha value is -2.89. The molecular weight excluding hydrogens is 889 g/mol. The third-order valence-electron chi connectivity index (χ3n) is 13.7. The Kier molecular flexibility index (Phi) is 58.2. The van der Waals surface area contributed by atoms with Crippen LogP contribution in [0.3, 0.4) is 0 Å². The van der Waals surface area contributed by atoms with E-state index in [4.69, 9.17) is 14.2 Å². The Morgan fingerprint density at radius 3 is 0.806 bits per heavy atom. The molecule has 0 fully saturated rings. The SMILES string of the molecule is CCCCCC/C=C\CCCCCCCC(=O)OCC(COC(=O)CCCCCCCCCC/C=C\C/C=C\C/C=C\CCCCCCC)OC(=O)CCCCCCCCC/C=C\CCCCCCCCC. The molecule has 0 aliphatic heterocycles. The van der Waals surface area contributed by atoms with Crippen LogP contribution in [0.5, 0.6) is 0 Å². The van der Waals surface area contributed by atoms with Crippen molar-refractivity contribution in [3.8, 4) is 0 Å². The van der Waals surface area contributed by atoms with Gasteiger partial charge in [-0.05, 0) is 109 Å². The summed E-state index contributed by atoms with van der Waals surface area (Å²) in [5, 5.41) is 0. The van der Waals surface area contributed by atoms with E-state index in [2.05, 4.69) is 81.5 Å². The molecule has 72 heavy (non-hydrogen) atoms. The van der Waals surface area contributed by atoms with E-state index < -0.39 is 6.10 Å². The molecule has 0 saturated heterocycles. The number of carbonyl (C=O) groups excluding carboxylic acids is 3. The summed E-state index contributed by atoms with van der Waals surface area (Å²) in [6.45, 7) is 6.63. The Bertz CT molecular complexity index is 1290. The zero-order valence-electron chi connectivity index (χ0n) is 47.9. The van der Waals surface area contributed by atoms with E-state index in [0.29, 0.717) is 19.3 Å². The highest BCUT2D eigenvalue weighted by Gasteiger charge is 2.19. The molecule has 0 aromatic rings. The number of rotatable bonds is 57. The average Bonchev–Trinajstić information content (AvgIpc) is 3.38. The van der Waals surface area contributed by atoms with Crippen LogP contribution in [0.2, 0.25) is 0 Å². The van der Waals surface area contributed by atoms with Crippen molar-refractivity contribution >= 4 is 17.9 Å². The lowest BCUT2D eigenvalue weighted by Gasteiger charge is -2.18. The zero-order valence-corrected chi connectivity index (χ0v) is 47.9. The maximum absolute atomic E-state index is 12.9. The fraction of sp³-hybridized carbons (Fsp3) is 0.803. The molecular formula is C66H118O6. The third kappa shape index (κ3) is 58.0. The maximum Gasteiger partial charge on any atom is 0.306 e. The third-order valence-corrected chi connectivity index (χ3v) is 13.7. The second-order valence-corrected chi connectivity index (χ2v) is 21.0. The van der Waals surface area contributed by atoms with Gasteiger partial charge in [0.1, 0.15) is 13.2 Å². The molecule has 1 unspecified atom stereocenters. The van der Waals surface area contributed by atoms with E-state index in [-0.39, 0.29) is 31.1 Å². The minimum Gasteiger partial charge on any atom is -0.462 e. The Labute approximate surface area is 447 Å². The molecule has 0 heterocycles. The molecule has 0 aliphatic carbocycles. The quantitative estimate of drug-likeness (QED) is 0.0261. The lowest BCUT2D eigenvalue weighted by Crippen LogP contribution is -2.30. The van der Waals surface area contributed by atoms with Crippen molar-refractivity contribution in [2.75, 3.05) is 13.2 Å². The number of hydrogen-bond donors (Lipinski definition) is 0. The molecule has 6 heteroatoms. The van der Waals surface area contributed by atoms with Crippen molar-refractivity contribution < 1.29 is 28.6 Å². The number of carbonyl (C=O) groups is 3. The van der Waals surface area contributed by atoms with E-state index in [0.717, 1.165) is 83.5 Å². The highest BCUT2D eigenvalue weighted by atomic mass is 16.6. The van der Waals surface area contributed by atoms with Crippen LogP contribution in [0.15, 0.2) is 60.8 Å². The Morgan fingerprint density at radius 2 is 0.500 bits per heavy atom. The smallest absolute Gasteiger partial charge is 0.306 e. The van der Waals surface area contributed by atoms with Gasteiger partial charge in [0.2, 0.25) is 0 Å². The molecule has 6 nitrogen and oxygen atoms in total. The second-order valence-electron chi connectivity index (χ2n) is 21.0. The minimum atomic E-state index is -0.783. The fourth-order valence-corrected chi connectivity index (χ4v) is 8.97. The van der Waals surface area contributed by atoms with Gasteiger partial charge >= 0.3 is 17.9 Å². The van der Waals surface area contributed by atoms with Crippen LogP contribution in [0, 0.1) is 0 Å². The normalized spacial score (nSPS) is 12.4. The van der Waals surface area contributed by atoms with Crippen molar-refractivity contribution in [1.82, 2.24) is 0 Å². The van der Waals surface area contributed by atoms with E-state index in [9.17, 15) is 14.4 Å². The highest BCUT2D eigenvalue weighted by molar-refractivity contribution is 5.71. The first kappa shape index (κ1) is 69.1. The molecule has 0 radical (unpaired) electrons. The molecule has 0 spiro atoms. The summed E-state index contributed by atoms with van der Waals surface area (Å²) in [7, 11) is 0. The molecule has 0 saturated carbocycles. The molecule has 0 rings (SSSR count). The summed E-state index contributed by atoms with van der Waals surface area (Å²) < 4.78 is 16.9. The molecule has 0 aromatic heterocycles. The zero-order chi connectivity index (χ0) is 52.2. The molecule has 1 atom stereocenters. The fourth-order valence-electron chi connectivity index (χ4n) is 8.97. The van der Waals surface area contributed by atoms with E-state index in [1.165, 1.54) is 199 Å². The van der Waals surface area contributed by atoms with Crippen molar-refractivity contribution in [1.29, 1.82) is 0 Å². The summed E-state index contributed by atoms with van der Waals surface area (Å²) >= 11 is 0. The Morgan fingerprint density at radius 1 is 0.278 bits per heavy atom. The standard InChI is InChI=1S/C66H118O6/c1-4-7-10-13-16-19-22-25-27-29-31-32-33-34-35-37-38-41-44-47-50-53-56-59-65(68)71-62-63(61-70-64(67)58-55-52-49-46-43-40-24-21-18-15-12-9-6-3)72-66(69)60-57-54-51-48-45-42-39-36-30-28-26-23-20-17-14-11-8-5-2/h21-22,24-25,28-31,33-34,63H,4-20,23,26-27,32,35-62H2,1-3H3/b24-21-,25-22-,30-28-,31-29-,34-33-. The molecule has 418 valence electrons. The predicted molar refractivity (Wildman–Crippen MR) is 312 cm³/mol. The van der Waals surface area contributed by atoms with Crippen molar-refractivity contribution in [3.63, 3.8) is 0 Å². The van der Waals surface area contributed by atoms with Gasteiger partial charge in [-0.3, -0.25) is 14.4 Å². The summed E-state index contributed by atoms with van der Waals surface area (Å²) in [4.78, 5) is 38.2. The first-order chi connectivity index (χ1) is 35.5. The lowest BCUT2D eigenvalue weighted by atomic mass is 10.1. The summed E-state index contributed by atoms with van der Waals surface area (Å²) in [5.41, 5.74) is 0. The van der Waals surface area contributed by atoms with Crippen molar-refractivity contribution in [2.45, 2.75) is 329 Å². The van der Waals surface area contributed by atoms with Crippen molar-refractivity contribution in [3.05, 3.63) is 60.8 Å². The van der Waals surface area contributed by atoms with Gasteiger partial charge in [0.25, 0.3) is 0 Å². The van der Waals surface area contributed by atoms with Crippen LogP contribution in [0.4, 0.5) is 0 Å². The predicted octanol–water partition coefficient (Wildman–Crippen LogP) is 21.2. The van der Waals surface area contributed by atoms with Crippen LogP contribution >= 0.6 is 0 Å². The van der Waals surface area contributed by atoms with Gasteiger partial charge in [0.05, 0.1) is 0 Å².